The molecule has 0 atom stereocenters. The van der Waals surface area contributed by atoms with E-state index in [9.17, 15) is 9.59 Å². The fourth-order valence-electron chi connectivity index (χ4n) is 3.76. The first-order valence-corrected chi connectivity index (χ1v) is 17.7. The van der Waals surface area contributed by atoms with Crippen LogP contribution in [0.2, 0.25) is 0 Å². The summed E-state index contributed by atoms with van der Waals surface area (Å²) in [5, 5.41) is 0. The minimum Gasteiger partial charge on any atom is -0.490 e. The van der Waals surface area contributed by atoms with E-state index in [4.69, 9.17) is 43.4 Å². The molecule has 5 aromatic rings. The molecule has 0 aliphatic heterocycles. The van der Waals surface area contributed by atoms with Crippen LogP contribution in [0.4, 0.5) is 0 Å². The van der Waals surface area contributed by atoms with Gasteiger partial charge in [0.25, 0.3) is 0 Å². The number of carbonyl (C=O) groups is 2. The second-order valence-electron chi connectivity index (χ2n) is 8.55. The molecule has 0 saturated carbocycles. The van der Waals surface area contributed by atoms with Crippen molar-refractivity contribution < 1.29 is 28.5 Å². The molecule has 3 aromatic carbocycles. The zero-order valence-electron chi connectivity index (χ0n) is 21.8. The van der Waals surface area contributed by atoms with Gasteiger partial charge in [-0.1, -0.05) is 77.9 Å². The lowest BCUT2D eigenvalue weighted by Gasteiger charge is -2.11. The lowest BCUT2D eigenvalue weighted by Crippen LogP contribution is -2.18. The normalized spacial score (nSPS) is 10.7. The van der Waals surface area contributed by atoms with Crippen molar-refractivity contribution in [3.63, 3.8) is 0 Å². The summed E-state index contributed by atoms with van der Waals surface area (Å²) in [4.78, 5) is 27.6. The molecule has 0 aliphatic carbocycles. The van der Waals surface area contributed by atoms with E-state index < -0.39 is 11.9 Å². The second kappa shape index (κ2) is 14.8. The summed E-state index contributed by atoms with van der Waals surface area (Å²) in [6.07, 6.45) is 0. The molecule has 0 bridgehead atoms. The molecular weight excluding hydrogens is 649 g/mol. The number of benzene rings is 3. The molecule has 0 fully saturated rings. The molecule has 6 nitrogen and oxygen atoms in total. The number of hydrogen-bond donors (Lipinski definition) is 0. The smallest absolute Gasteiger partial charge is 0.339 e. The predicted molar refractivity (Wildman–Crippen MR) is 175 cm³/mol. The first-order chi connectivity index (χ1) is 20.5. The molecule has 0 aliphatic rings. The summed E-state index contributed by atoms with van der Waals surface area (Å²) in [7, 11) is 6.41. The zero-order valence-corrected chi connectivity index (χ0v) is 26.7. The Bertz CT molecular complexity index is 1630. The maximum absolute atomic E-state index is 12.7. The Kier molecular flexibility index (Phi) is 10.6. The van der Waals surface area contributed by atoms with Crippen molar-refractivity contribution in [1.29, 1.82) is 0 Å². The molecule has 0 amide bonds. The molecular formula is C30H22O6S6. The summed E-state index contributed by atoms with van der Waals surface area (Å²) < 4.78 is 23.8. The second-order valence-corrected chi connectivity index (χ2v) is 14.4. The third-order valence-corrected chi connectivity index (χ3v) is 11.6. The van der Waals surface area contributed by atoms with E-state index in [1.807, 2.05) is 60.7 Å². The molecule has 0 spiro atoms. The van der Waals surface area contributed by atoms with Gasteiger partial charge in [-0.3, -0.25) is 0 Å². The van der Waals surface area contributed by atoms with Gasteiger partial charge in [0, 0.05) is 9.75 Å². The van der Waals surface area contributed by atoms with E-state index in [-0.39, 0.29) is 37.6 Å². The molecule has 0 unspecified atom stereocenters. The summed E-state index contributed by atoms with van der Waals surface area (Å²) in [5.74, 6) is 0.0480. The van der Waals surface area contributed by atoms with Crippen LogP contribution in [0.5, 0.6) is 11.5 Å². The molecule has 42 heavy (non-hydrogen) atoms. The lowest BCUT2D eigenvalue weighted by molar-refractivity contribution is 0.0405. The van der Waals surface area contributed by atoms with Crippen LogP contribution >= 0.6 is 65.8 Å². The van der Waals surface area contributed by atoms with Gasteiger partial charge >= 0.3 is 11.9 Å². The maximum Gasteiger partial charge on any atom is 0.339 e. The van der Waals surface area contributed by atoms with Crippen LogP contribution in [0.1, 0.15) is 20.7 Å². The van der Waals surface area contributed by atoms with Crippen LogP contribution in [0.15, 0.2) is 84.9 Å². The highest BCUT2D eigenvalue weighted by molar-refractivity contribution is 7.80. The monoisotopic (exact) mass is 670 g/mol. The van der Waals surface area contributed by atoms with E-state index in [1.54, 1.807) is 53.5 Å². The molecule has 0 radical (unpaired) electrons. The van der Waals surface area contributed by atoms with Crippen LogP contribution in [0, 0.1) is 7.65 Å². The number of ether oxygens (including phenoxy) is 4. The Balaban J connectivity index is 1.05. The third-order valence-electron chi connectivity index (χ3n) is 5.74. The Morgan fingerprint density at radius 3 is 1.31 bits per heavy atom. The fourth-order valence-corrected chi connectivity index (χ4v) is 8.56. The van der Waals surface area contributed by atoms with Crippen molar-refractivity contribution >= 4 is 77.7 Å². The number of hydrogen-bond acceptors (Lipinski definition) is 12. The van der Waals surface area contributed by atoms with Gasteiger partial charge in [-0.25, -0.2) is 9.59 Å². The summed E-state index contributed by atoms with van der Waals surface area (Å²) in [5.41, 5.74) is 2.38. The predicted octanol–water partition coefficient (Wildman–Crippen LogP) is 9.20. The van der Waals surface area contributed by atoms with Crippen LogP contribution in [-0.4, -0.2) is 38.4 Å². The van der Waals surface area contributed by atoms with E-state index >= 15 is 0 Å². The number of carbonyl (C=O) groups excluding carboxylic acids is 2. The Morgan fingerprint density at radius 1 is 0.548 bits per heavy atom. The van der Waals surface area contributed by atoms with Crippen molar-refractivity contribution in [3.05, 3.63) is 104 Å². The standard InChI is InChI=1S/C30H22O6S6/c31-29(35-15-13-33-21-9-5-19(6-10-21)25-17-27(37)41-39-25)23-3-1-2-4-24(23)30(32)36-16-14-34-22-11-7-20(8-12-22)26-18-28(38)42-40-26/h1-12,17-18H,13-16H2. The SMILES string of the molecule is O=C(OCCOc1ccc(-c2cc(=S)ss2)cc1)c1ccccc1C(=O)OCCOc1ccc(-c2cc(=S)ss2)cc1. The van der Waals surface area contributed by atoms with Crippen LogP contribution in [0.25, 0.3) is 20.9 Å². The van der Waals surface area contributed by atoms with Crippen molar-refractivity contribution in [2.75, 3.05) is 26.4 Å². The summed E-state index contributed by atoms with van der Waals surface area (Å²) >= 11 is 10.4. The van der Waals surface area contributed by atoms with Crippen molar-refractivity contribution in [2.45, 2.75) is 0 Å². The Hall–Kier alpha value is -3.26. The molecule has 0 N–H and O–H groups in total. The third kappa shape index (κ3) is 8.18. The van der Waals surface area contributed by atoms with E-state index in [1.165, 1.54) is 12.1 Å². The largest absolute Gasteiger partial charge is 0.490 e. The lowest BCUT2D eigenvalue weighted by atomic mass is 10.1. The van der Waals surface area contributed by atoms with Crippen LogP contribution < -0.4 is 9.47 Å². The molecule has 2 heterocycles. The highest BCUT2D eigenvalue weighted by Crippen LogP contribution is 2.31. The zero-order chi connectivity index (χ0) is 29.3. The van der Waals surface area contributed by atoms with Crippen molar-refractivity contribution in [2.24, 2.45) is 0 Å². The van der Waals surface area contributed by atoms with Crippen LogP contribution in [-0.2, 0) is 9.47 Å². The van der Waals surface area contributed by atoms with Crippen molar-refractivity contribution in [1.82, 2.24) is 0 Å². The molecule has 2 aromatic heterocycles. The highest BCUT2D eigenvalue weighted by Gasteiger charge is 2.19. The van der Waals surface area contributed by atoms with Gasteiger partial charge in [-0.05, 0) is 83.9 Å². The van der Waals surface area contributed by atoms with Crippen molar-refractivity contribution in [3.8, 4) is 32.4 Å². The first kappa shape index (κ1) is 30.2. The quantitative estimate of drug-likeness (QED) is 0.0563. The van der Waals surface area contributed by atoms with Gasteiger partial charge in [0.05, 0.1) is 11.1 Å². The first-order valence-electron chi connectivity index (χ1n) is 12.6. The molecule has 12 heteroatoms. The average Bonchev–Trinajstić information content (AvgIpc) is 3.66. The molecule has 0 saturated heterocycles. The van der Waals surface area contributed by atoms with Gasteiger partial charge in [-0.15, -0.1) is 0 Å². The van der Waals surface area contributed by atoms with E-state index in [2.05, 4.69) is 0 Å². The van der Waals surface area contributed by atoms with Gasteiger partial charge in [0.2, 0.25) is 0 Å². The van der Waals surface area contributed by atoms with Gasteiger partial charge in [0.15, 0.2) is 0 Å². The summed E-state index contributed by atoms with van der Waals surface area (Å²) in [6.45, 7) is 0.362. The van der Waals surface area contributed by atoms with Gasteiger partial charge in [-0.2, -0.15) is 0 Å². The average molecular weight is 671 g/mol. The van der Waals surface area contributed by atoms with Gasteiger partial charge in [0.1, 0.15) is 45.6 Å². The Labute approximate surface area is 267 Å². The fraction of sp³-hybridized carbons (Fsp3) is 0.133. The molecule has 5 rings (SSSR count). The minimum absolute atomic E-state index is 0.0179. The number of esters is 2. The van der Waals surface area contributed by atoms with E-state index in [0.29, 0.717) is 11.5 Å². The van der Waals surface area contributed by atoms with Crippen LogP contribution in [0.3, 0.4) is 0 Å². The van der Waals surface area contributed by atoms with Gasteiger partial charge < -0.3 is 18.9 Å². The Morgan fingerprint density at radius 2 is 0.952 bits per heavy atom. The topological polar surface area (TPSA) is 71.1 Å². The molecule has 214 valence electrons. The minimum atomic E-state index is -0.633. The maximum atomic E-state index is 12.7. The summed E-state index contributed by atoms with van der Waals surface area (Å²) in [6, 6.07) is 25.6. The van der Waals surface area contributed by atoms with E-state index in [0.717, 1.165) is 28.5 Å². The number of rotatable bonds is 12. The highest BCUT2D eigenvalue weighted by atomic mass is 32.9.